The van der Waals surface area contributed by atoms with Gasteiger partial charge in [-0.2, -0.15) is 13.2 Å². The largest absolute Gasteiger partial charge is 0.490 e. The van der Waals surface area contributed by atoms with Crippen molar-refractivity contribution in [1.82, 2.24) is 39.8 Å². The maximum Gasteiger partial charge on any atom is 0.490 e. The lowest BCUT2D eigenvalue weighted by Crippen LogP contribution is -2.54. The van der Waals surface area contributed by atoms with Gasteiger partial charge in [-0.05, 0) is 55.8 Å². The summed E-state index contributed by atoms with van der Waals surface area (Å²) in [7, 11) is 1.86. The van der Waals surface area contributed by atoms with Crippen LogP contribution in [0.4, 0.5) is 30.6 Å². The molecule has 6 rings (SSSR count). The zero-order chi connectivity index (χ0) is 33.9. The van der Waals surface area contributed by atoms with Gasteiger partial charge in [0.2, 0.25) is 11.9 Å². The number of carbonyl (C=O) groups excluding carboxylic acids is 1. The summed E-state index contributed by atoms with van der Waals surface area (Å²) < 4.78 is 39.6. The quantitative estimate of drug-likeness (QED) is 0.249. The number of fused-ring (bicyclic) bond motifs is 2. The van der Waals surface area contributed by atoms with Gasteiger partial charge in [-0.3, -0.25) is 4.79 Å². The number of aromatic nitrogens is 7. The standard InChI is InChI=1S/C28H28N10O2.C2HF3O2/c1-5-25(39)37-10-11-38(18(3)15-37)28-29-14-22-26(33-28)27(31-16-30-22)32-19-6-9-24(17(2)12-19)40-20-7-8-23-21(13-20)34-35-36(23)4;3-2(4,5)1(6)7/h5-9,12-14,16,18H,1,10-11,15H2,2-4H3,(H,30,31,32);(H,6,7)/t18-;/m0./s1. The Morgan fingerprint density at radius 1 is 1.11 bits per heavy atom. The molecule has 1 aliphatic heterocycles. The van der Waals surface area contributed by atoms with Crippen LogP contribution in [0.1, 0.15) is 12.5 Å². The maximum absolute atomic E-state index is 12.1. The molecule has 2 N–H and O–H groups in total. The monoisotopic (exact) mass is 650 g/mol. The highest BCUT2D eigenvalue weighted by Crippen LogP contribution is 2.31. The van der Waals surface area contributed by atoms with Crippen LogP contribution >= 0.6 is 0 Å². The SMILES string of the molecule is C=CC(=O)N1CCN(c2ncc3ncnc(Nc4ccc(Oc5ccc6c(c5)nnn6C)c(C)c4)c3n2)[C@@H](C)C1.O=C(O)C(F)(F)F. The average molecular weight is 651 g/mol. The van der Waals surface area contributed by atoms with Gasteiger partial charge in [0.25, 0.3) is 0 Å². The molecule has 1 amide bonds. The van der Waals surface area contributed by atoms with Crippen LogP contribution in [0.3, 0.4) is 0 Å². The minimum atomic E-state index is -5.08. The number of aryl methyl sites for hydroxylation is 2. The number of rotatable bonds is 6. The molecule has 0 saturated carbocycles. The second-order valence-corrected chi connectivity index (χ2v) is 10.5. The van der Waals surface area contributed by atoms with Crippen LogP contribution in [-0.2, 0) is 16.6 Å². The molecule has 47 heavy (non-hydrogen) atoms. The molecule has 1 saturated heterocycles. The summed E-state index contributed by atoms with van der Waals surface area (Å²) in [6.07, 6.45) is -0.541. The average Bonchev–Trinajstić information content (AvgIpc) is 3.41. The second kappa shape index (κ2) is 13.2. The second-order valence-electron chi connectivity index (χ2n) is 10.5. The number of carbonyl (C=O) groups is 2. The highest BCUT2D eigenvalue weighted by molar-refractivity contribution is 5.88. The molecule has 244 valence electrons. The van der Waals surface area contributed by atoms with Crippen LogP contribution < -0.4 is 15.0 Å². The molecular formula is C30H29F3N10O4. The number of aliphatic carboxylic acids is 1. The number of halogens is 3. The van der Waals surface area contributed by atoms with E-state index in [1.54, 1.807) is 15.8 Å². The van der Waals surface area contributed by atoms with Gasteiger partial charge in [-0.25, -0.2) is 29.4 Å². The minimum Gasteiger partial charge on any atom is -0.475 e. The Bertz CT molecular complexity index is 1970. The molecule has 0 unspecified atom stereocenters. The van der Waals surface area contributed by atoms with Crippen molar-refractivity contribution >= 4 is 51.4 Å². The first kappa shape index (κ1) is 32.5. The number of carboxylic acids is 1. The Morgan fingerprint density at radius 2 is 1.87 bits per heavy atom. The number of piperazine rings is 1. The van der Waals surface area contributed by atoms with E-state index in [1.165, 1.54) is 12.4 Å². The number of ether oxygens (including phenoxy) is 1. The van der Waals surface area contributed by atoms with Gasteiger partial charge in [0.15, 0.2) is 5.82 Å². The number of benzene rings is 2. The number of hydrogen-bond donors (Lipinski definition) is 2. The smallest absolute Gasteiger partial charge is 0.475 e. The molecule has 0 spiro atoms. The topological polar surface area (TPSA) is 164 Å². The molecule has 5 aromatic rings. The van der Waals surface area contributed by atoms with Crippen molar-refractivity contribution < 1.29 is 32.6 Å². The van der Waals surface area contributed by atoms with Gasteiger partial charge in [0.05, 0.1) is 11.7 Å². The third-order valence-electron chi connectivity index (χ3n) is 7.23. The molecule has 1 atom stereocenters. The van der Waals surface area contributed by atoms with Crippen LogP contribution in [0.15, 0.2) is 61.6 Å². The summed E-state index contributed by atoms with van der Waals surface area (Å²) in [5.74, 6) is -0.260. The van der Waals surface area contributed by atoms with Gasteiger partial charge in [0, 0.05) is 44.5 Å². The van der Waals surface area contributed by atoms with Crippen molar-refractivity contribution in [3.63, 3.8) is 0 Å². The Labute approximate surface area is 265 Å². The molecule has 0 radical (unpaired) electrons. The number of anilines is 3. The molecule has 1 fully saturated rings. The summed E-state index contributed by atoms with van der Waals surface area (Å²) >= 11 is 0. The van der Waals surface area contributed by atoms with Crippen molar-refractivity contribution in [3.05, 3.63) is 67.1 Å². The molecule has 17 heteroatoms. The van der Waals surface area contributed by atoms with E-state index in [1.807, 2.05) is 50.4 Å². The van der Waals surface area contributed by atoms with Crippen LogP contribution in [0.5, 0.6) is 11.5 Å². The summed E-state index contributed by atoms with van der Waals surface area (Å²) in [4.78, 5) is 43.0. The molecule has 14 nitrogen and oxygen atoms in total. The summed E-state index contributed by atoms with van der Waals surface area (Å²) in [5.41, 5.74) is 4.73. The lowest BCUT2D eigenvalue weighted by molar-refractivity contribution is -0.192. The highest BCUT2D eigenvalue weighted by atomic mass is 19.4. The molecule has 2 aromatic carbocycles. The van der Waals surface area contributed by atoms with Crippen LogP contribution in [0.25, 0.3) is 22.1 Å². The fraction of sp³-hybridized carbons (Fsp3) is 0.267. The third-order valence-corrected chi connectivity index (χ3v) is 7.23. The Morgan fingerprint density at radius 3 is 2.55 bits per heavy atom. The lowest BCUT2D eigenvalue weighted by atomic mass is 10.2. The minimum absolute atomic E-state index is 0.0426. The first-order chi connectivity index (χ1) is 22.3. The van der Waals surface area contributed by atoms with E-state index in [2.05, 4.69) is 49.0 Å². The highest BCUT2D eigenvalue weighted by Gasteiger charge is 2.38. The van der Waals surface area contributed by atoms with Gasteiger partial charge in [0.1, 0.15) is 34.4 Å². The van der Waals surface area contributed by atoms with E-state index in [9.17, 15) is 18.0 Å². The zero-order valence-electron chi connectivity index (χ0n) is 25.4. The normalized spacial score (nSPS) is 14.8. The van der Waals surface area contributed by atoms with Gasteiger partial charge in [-0.15, -0.1) is 5.10 Å². The molecular weight excluding hydrogens is 621 g/mol. The van der Waals surface area contributed by atoms with Gasteiger partial charge >= 0.3 is 12.1 Å². The van der Waals surface area contributed by atoms with Crippen molar-refractivity contribution in [2.24, 2.45) is 7.05 Å². The summed E-state index contributed by atoms with van der Waals surface area (Å²) in [6.45, 7) is 9.39. The lowest BCUT2D eigenvalue weighted by Gasteiger charge is -2.39. The van der Waals surface area contributed by atoms with Crippen molar-refractivity contribution in [2.45, 2.75) is 26.1 Å². The predicted octanol–water partition coefficient (Wildman–Crippen LogP) is 4.40. The number of amides is 1. The van der Waals surface area contributed by atoms with E-state index >= 15 is 0 Å². The van der Waals surface area contributed by atoms with E-state index in [0.29, 0.717) is 48.2 Å². The van der Waals surface area contributed by atoms with E-state index in [-0.39, 0.29) is 11.9 Å². The number of nitrogens with zero attached hydrogens (tertiary/aromatic N) is 9. The Hall–Kier alpha value is -5.87. The number of nitrogens with one attached hydrogen (secondary N) is 1. The molecule has 4 heterocycles. The fourth-order valence-corrected chi connectivity index (χ4v) is 4.85. The fourth-order valence-electron chi connectivity index (χ4n) is 4.85. The number of carboxylic acid groups (broad SMARTS) is 1. The first-order valence-corrected chi connectivity index (χ1v) is 14.1. The van der Waals surface area contributed by atoms with Crippen LogP contribution in [0.2, 0.25) is 0 Å². The van der Waals surface area contributed by atoms with Crippen LogP contribution in [-0.4, -0.2) is 88.7 Å². The zero-order valence-corrected chi connectivity index (χ0v) is 25.4. The summed E-state index contributed by atoms with van der Waals surface area (Å²) in [5, 5.41) is 18.7. The van der Waals surface area contributed by atoms with E-state index in [0.717, 1.165) is 28.0 Å². The maximum atomic E-state index is 12.1. The van der Waals surface area contributed by atoms with Gasteiger partial charge < -0.3 is 25.0 Å². The van der Waals surface area contributed by atoms with E-state index < -0.39 is 12.1 Å². The van der Waals surface area contributed by atoms with E-state index in [4.69, 9.17) is 19.6 Å². The third kappa shape index (κ3) is 7.34. The van der Waals surface area contributed by atoms with Crippen molar-refractivity contribution in [2.75, 3.05) is 29.9 Å². The number of hydrogen-bond acceptors (Lipinski definition) is 11. The molecule has 1 aliphatic rings. The predicted molar refractivity (Wildman–Crippen MR) is 165 cm³/mol. The molecule has 3 aromatic heterocycles. The van der Waals surface area contributed by atoms with Crippen LogP contribution in [0, 0.1) is 6.92 Å². The molecule has 0 bridgehead atoms. The van der Waals surface area contributed by atoms with Gasteiger partial charge in [-0.1, -0.05) is 11.8 Å². The van der Waals surface area contributed by atoms with Crippen molar-refractivity contribution in [3.8, 4) is 11.5 Å². The number of alkyl halides is 3. The Balaban J connectivity index is 0.000000559. The first-order valence-electron chi connectivity index (χ1n) is 14.1. The van der Waals surface area contributed by atoms with Crippen molar-refractivity contribution in [1.29, 1.82) is 0 Å². The Kier molecular flexibility index (Phi) is 9.16. The molecule has 0 aliphatic carbocycles. The summed E-state index contributed by atoms with van der Waals surface area (Å²) in [6, 6.07) is 11.6.